The molecule has 0 nitrogen and oxygen atoms in total. The van der Waals surface area contributed by atoms with E-state index in [-0.39, 0.29) is 11.2 Å². The van der Waals surface area contributed by atoms with Gasteiger partial charge in [-0.15, -0.1) is 0 Å². The van der Waals surface area contributed by atoms with E-state index in [2.05, 4.69) is 26.8 Å². The maximum atomic E-state index is 13.3. The van der Waals surface area contributed by atoms with E-state index in [1.807, 2.05) is 6.07 Å². The smallest absolute Gasteiger partial charge is 0.123 e. The van der Waals surface area contributed by atoms with Gasteiger partial charge in [0.2, 0.25) is 0 Å². The summed E-state index contributed by atoms with van der Waals surface area (Å²) in [4.78, 5) is 0. The van der Waals surface area contributed by atoms with Crippen molar-refractivity contribution in [3.8, 4) is 0 Å². The van der Waals surface area contributed by atoms with Crippen molar-refractivity contribution in [3.05, 3.63) is 48.1 Å². The van der Waals surface area contributed by atoms with Gasteiger partial charge in [0.1, 0.15) is 5.82 Å². The number of unbranched alkanes of at least 4 members (excludes halogenated alkanes) is 1. The number of fused-ring (bicyclic) bond motifs is 1. The minimum atomic E-state index is -0.142. The zero-order chi connectivity index (χ0) is 11.8. The van der Waals surface area contributed by atoms with Crippen LogP contribution in [0, 0.1) is 12.7 Å². The monoisotopic (exact) mass is 217 g/mol. The molecule has 0 bridgehead atoms. The second-order valence-electron chi connectivity index (χ2n) is 5.04. The average Bonchev–Trinajstić information content (AvgIpc) is 2.47. The van der Waals surface area contributed by atoms with Crippen molar-refractivity contribution < 1.29 is 4.39 Å². The zero-order valence-electron chi connectivity index (χ0n) is 10.0. The molecule has 0 N–H and O–H groups in total. The predicted octanol–water partition coefficient (Wildman–Crippen LogP) is 4.50. The van der Waals surface area contributed by atoms with Crippen LogP contribution >= 0.6 is 0 Å². The molecular formula is C15H18F. The van der Waals surface area contributed by atoms with Crippen LogP contribution < -0.4 is 0 Å². The fourth-order valence-electron chi connectivity index (χ4n) is 2.46. The van der Waals surface area contributed by atoms with Crippen molar-refractivity contribution in [2.75, 3.05) is 0 Å². The first kappa shape index (κ1) is 11.4. The Labute approximate surface area is 97.2 Å². The molecule has 0 aliphatic heterocycles. The Balaban J connectivity index is 2.40. The van der Waals surface area contributed by atoms with Crippen LogP contribution in [-0.2, 0) is 5.41 Å². The molecule has 16 heavy (non-hydrogen) atoms. The molecule has 1 aliphatic carbocycles. The molecule has 0 aromatic heterocycles. The van der Waals surface area contributed by atoms with Crippen LogP contribution in [0.5, 0.6) is 0 Å². The summed E-state index contributed by atoms with van der Waals surface area (Å²) in [6.45, 7) is 8.22. The molecule has 1 aromatic carbocycles. The molecular weight excluding hydrogens is 199 g/mol. The molecule has 0 saturated carbocycles. The maximum Gasteiger partial charge on any atom is 0.123 e. The molecule has 2 rings (SSSR count). The Kier molecular flexibility index (Phi) is 2.88. The first-order valence-electron chi connectivity index (χ1n) is 5.86. The van der Waals surface area contributed by atoms with Crippen LogP contribution in [0.3, 0.4) is 0 Å². The number of rotatable bonds is 3. The van der Waals surface area contributed by atoms with Crippen molar-refractivity contribution in [2.24, 2.45) is 0 Å². The number of benzene rings is 1. The van der Waals surface area contributed by atoms with E-state index in [0.29, 0.717) is 0 Å². The van der Waals surface area contributed by atoms with E-state index >= 15 is 0 Å². The molecule has 0 amide bonds. The second kappa shape index (κ2) is 4.04. The molecule has 0 spiro atoms. The van der Waals surface area contributed by atoms with Crippen molar-refractivity contribution >= 4 is 5.57 Å². The zero-order valence-corrected chi connectivity index (χ0v) is 10.0. The fourth-order valence-corrected chi connectivity index (χ4v) is 2.46. The molecule has 0 saturated heterocycles. The Morgan fingerprint density at radius 1 is 1.31 bits per heavy atom. The van der Waals surface area contributed by atoms with Crippen LogP contribution in [-0.4, -0.2) is 0 Å². The summed E-state index contributed by atoms with van der Waals surface area (Å²) < 4.78 is 13.3. The van der Waals surface area contributed by atoms with Gasteiger partial charge in [0, 0.05) is 5.41 Å². The van der Waals surface area contributed by atoms with E-state index in [9.17, 15) is 4.39 Å². The first-order chi connectivity index (χ1) is 7.54. The molecule has 1 aliphatic rings. The Morgan fingerprint density at radius 2 is 2.06 bits per heavy atom. The molecule has 1 aromatic rings. The standard InChI is InChI=1S/C15H18F/c1-4-5-6-11-10-15(2,3)14-8-7-12(16)9-13(11)14/h7-10H,1,4-6H2,2-3H3. The highest BCUT2D eigenvalue weighted by atomic mass is 19.1. The summed E-state index contributed by atoms with van der Waals surface area (Å²) >= 11 is 0. The van der Waals surface area contributed by atoms with Gasteiger partial charge in [-0.2, -0.15) is 0 Å². The van der Waals surface area contributed by atoms with Crippen LogP contribution in [0.1, 0.15) is 44.2 Å². The van der Waals surface area contributed by atoms with Crippen LogP contribution in [0.4, 0.5) is 4.39 Å². The van der Waals surface area contributed by atoms with Crippen molar-refractivity contribution in [1.82, 2.24) is 0 Å². The molecule has 0 heterocycles. The molecule has 1 heteroatoms. The van der Waals surface area contributed by atoms with Crippen molar-refractivity contribution in [2.45, 2.75) is 38.5 Å². The summed E-state index contributed by atoms with van der Waals surface area (Å²) in [7, 11) is 0. The van der Waals surface area contributed by atoms with E-state index < -0.39 is 0 Å². The van der Waals surface area contributed by atoms with E-state index in [4.69, 9.17) is 0 Å². The maximum absolute atomic E-state index is 13.3. The lowest BCUT2D eigenvalue weighted by atomic mass is 9.87. The largest absolute Gasteiger partial charge is 0.207 e. The number of halogens is 1. The lowest BCUT2D eigenvalue weighted by Gasteiger charge is -2.17. The van der Waals surface area contributed by atoms with Gasteiger partial charge in [-0.05, 0) is 41.7 Å². The second-order valence-corrected chi connectivity index (χ2v) is 5.04. The quantitative estimate of drug-likeness (QED) is 0.699. The molecule has 85 valence electrons. The van der Waals surface area contributed by atoms with Gasteiger partial charge in [-0.25, -0.2) is 4.39 Å². The Hall–Kier alpha value is -1.11. The lowest BCUT2D eigenvalue weighted by molar-refractivity contribution is 0.622. The summed E-state index contributed by atoms with van der Waals surface area (Å²) in [5.74, 6) is -0.142. The Bertz CT molecular complexity index is 427. The van der Waals surface area contributed by atoms with Crippen LogP contribution in [0.2, 0.25) is 0 Å². The third kappa shape index (κ3) is 1.91. The van der Waals surface area contributed by atoms with Gasteiger partial charge < -0.3 is 0 Å². The van der Waals surface area contributed by atoms with Crippen LogP contribution in [0.15, 0.2) is 24.3 Å². The molecule has 0 atom stereocenters. The van der Waals surface area contributed by atoms with E-state index in [0.717, 1.165) is 24.8 Å². The topological polar surface area (TPSA) is 0 Å². The lowest BCUT2D eigenvalue weighted by Crippen LogP contribution is -2.10. The summed E-state index contributed by atoms with van der Waals surface area (Å²) in [6, 6.07) is 5.14. The van der Waals surface area contributed by atoms with Gasteiger partial charge in [0.05, 0.1) is 0 Å². The van der Waals surface area contributed by atoms with Gasteiger partial charge >= 0.3 is 0 Å². The highest BCUT2D eigenvalue weighted by Gasteiger charge is 2.29. The number of hydrogen-bond acceptors (Lipinski definition) is 0. The third-order valence-electron chi connectivity index (χ3n) is 3.25. The first-order valence-corrected chi connectivity index (χ1v) is 5.86. The number of allylic oxidation sites excluding steroid dienone is 2. The average molecular weight is 217 g/mol. The van der Waals surface area contributed by atoms with Gasteiger partial charge in [0.25, 0.3) is 0 Å². The number of hydrogen-bond donors (Lipinski definition) is 0. The predicted molar refractivity (Wildman–Crippen MR) is 66.6 cm³/mol. The minimum absolute atomic E-state index is 0.0412. The molecule has 0 fully saturated rings. The van der Waals surface area contributed by atoms with Gasteiger partial charge in [-0.1, -0.05) is 39.3 Å². The SMILES string of the molecule is [CH2]CCCC1=CC(C)(C)c2ccc(F)cc21. The summed E-state index contributed by atoms with van der Waals surface area (Å²) in [5.41, 5.74) is 3.66. The molecule has 1 radical (unpaired) electrons. The van der Waals surface area contributed by atoms with Gasteiger partial charge in [0.15, 0.2) is 0 Å². The summed E-state index contributed by atoms with van der Waals surface area (Å²) in [5, 5.41) is 0. The normalized spacial score (nSPS) is 17.1. The highest BCUT2D eigenvalue weighted by molar-refractivity contribution is 5.76. The van der Waals surface area contributed by atoms with E-state index in [1.54, 1.807) is 12.1 Å². The fraction of sp³-hybridized carbons (Fsp3) is 0.400. The third-order valence-corrected chi connectivity index (χ3v) is 3.25. The van der Waals surface area contributed by atoms with Crippen molar-refractivity contribution in [1.29, 1.82) is 0 Å². The Morgan fingerprint density at radius 3 is 2.75 bits per heavy atom. The van der Waals surface area contributed by atoms with Crippen molar-refractivity contribution in [3.63, 3.8) is 0 Å². The van der Waals surface area contributed by atoms with E-state index in [1.165, 1.54) is 11.1 Å². The minimum Gasteiger partial charge on any atom is -0.207 e. The summed E-state index contributed by atoms with van der Waals surface area (Å²) in [6.07, 6.45) is 5.27. The highest BCUT2D eigenvalue weighted by Crippen LogP contribution is 2.42. The van der Waals surface area contributed by atoms with Gasteiger partial charge in [-0.3, -0.25) is 0 Å². The van der Waals surface area contributed by atoms with Crippen LogP contribution in [0.25, 0.3) is 5.57 Å². The molecule has 0 unspecified atom stereocenters.